The van der Waals surface area contributed by atoms with Crippen molar-refractivity contribution in [3.63, 3.8) is 0 Å². The molecule has 0 aromatic carbocycles. The minimum absolute atomic E-state index is 1.39. The summed E-state index contributed by atoms with van der Waals surface area (Å²) >= 11 is 0. The van der Waals surface area contributed by atoms with E-state index in [0.717, 1.165) is 0 Å². The smallest absolute Gasteiger partial charge is 0.262 e. The molecule has 0 fully saturated rings. The van der Waals surface area contributed by atoms with Gasteiger partial charge in [-0.3, -0.25) is 4.55 Å². The third kappa shape index (κ3) is 5.93. The molecule has 0 aliphatic carbocycles. The Morgan fingerprint density at radius 1 is 1.08 bits per heavy atom. The van der Waals surface area contributed by atoms with Crippen molar-refractivity contribution < 1.29 is 34.3 Å². The van der Waals surface area contributed by atoms with Crippen LogP contribution in [0.4, 0.5) is 0 Å². The van der Waals surface area contributed by atoms with E-state index in [2.05, 4.69) is 13.0 Å². The fraction of sp³-hybridized carbons (Fsp3) is 0. The molecule has 72 valence electrons. The average Bonchev–Trinajstić information content (AvgIpc) is 1.83. The number of rotatable bonds is 5. The quantitative estimate of drug-likeness (QED) is 0.259. The van der Waals surface area contributed by atoms with Crippen LogP contribution < -0.4 is 0 Å². The lowest BCUT2D eigenvalue weighted by Gasteiger charge is -1.95. The predicted molar refractivity (Wildman–Crippen MR) is 29.5 cm³/mol. The molecule has 0 saturated carbocycles. The van der Waals surface area contributed by atoms with Crippen molar-refractivity contribution in [1.82, 2.24) is 0 Å². The largest absolute Gasteiger partial charge is 0.500 e. The zero-order valence-corrected chi connectivity index (χ0v) is 6.61. The van der Waals surface area contributed by atoms with Crippen molar-refractivity contribution in [2.45, 2.75) is 0 Å². The third-order valence-electron chi connectivity index (χ3n) is 0.319. The SMILES string of the molecule is O=NOS(=O)(=O)OOS(=O)(=O)O. The monoisotopic (exact) mass is 223 g/mol. The average molecular weight is 223 g/mol. The molecule has 0 aromatic rings. The fourth-order valence-corrected chi connectivity index (χ4v) is 0.771. The summed E-state index contributed by atoms with van der Waals surface area (Å²) in [5.41, 5.74) is 0. The highest BCUT2D eigenvalue weighted by Gasteiger charge is 2.19. The van der Waals surface area contributed by atoms with E-state index in [9.17, 15) is 16.8 Å². The van der Waals surface area contributed by atoms with Crippen LogP contribution in [0.25, 0.3) is 0 Å². The van der Waals surface area contributed by atoms with E-state index in [-0.39, 0.29) is 0 Å². The minimum Gasteiger partial charge on any atom is -0.262 e. The first-order chi connectivity index (χ1) is 5.27. The lowest BCUT2D eigenvalue weighted by atomic mass is 13.4. The van der Waals surface area contributed by atoms with E-state index in [1.165, 1.54) is 5.34 Å². The first kappa shape index (κ1) is 11.2. The lowest BCUT2D eigenvalue weighted by Crippen LogP contribution is -2.11. The standard InChI is InChI=1S/HNO9S2/c2-1-8-12(6,7)10-9-11(3,4)5/h(H,3,4,5). The maximum absolute atomic E-state index is 10.0. The summed E-state index contributed by atoms with van der Waals surface area (Å²) in [7, 11) is -10.1. The van der Waals surface area contributed by atoms with Crippen molar-refractivity contribution in [3.8, 4) is 0 Å². The van der Waals surface area contributed by atoms with E-state index in [1.54, 1.807) is 0 Å². The molecular formula is HNO9S2. The molecule has 0 aliphatic rings. The Bertz CT molecular complexity index is 331. The van der Waals surface area contributed by atoms with Gasteiger partial charge in [-0.05, 0) is 0 Å². The van der Waals surface area contributed by atoms with Gasteiger partial charge in [-0.2, -0.15) is 16.8 Å². The second-order valence-corrected chi connectivity index (χ2v) is 3.21. The maximum atomic E-state index is 10.0. The lowest BCUT2D eigenvalue weighted by molar-refractivity contribution is -0.108. The van der Waals surface area contributed by atoms with Crippen LogP contribution in [-0.4, -0.2) is 21.4 Å². The van der Waals surface area contributed by atoms with E-state index in [4.69, 9.17) is 9.46 Å². The van der Waals surface area contributed by atoms with Gasteiger partial charge in [0.25, 0.3) is 0 Å². The highest BCUT2D eigenvalue weighted by atomic mass is 32.3. The Labute approximate surface area is 66.2 Å². The van der Waals surface area contributed by atoms with Crippen LogP contribution >= 0.6 is 0 Å². The van der Waals surface area contributed by atoms with Crippen molar-refractivity contribution in [2.75, 3.05) is 0 Å². The molecule has 0 atom stereocenters. The topological polar surface area (TPSA) is 146 Å². The Kier molecular flexibility index (Phi) is 3.47. The van der Waals surface area contributed by atoms with E-state index < -0.39 is 20.8 Å². The first-order valence-electron chi connectivity index (χ1n) is 1.88. The first-order valence-corrected chi connectivity index (χ1v) is 4.58. The van der Waals surface area contributed by atoms with Gasteiger partial charge in [0.15, 0.2) is 5.34 Å². The summed E-state index contributed by atoms with van der Waals surface area (Å²) in [6.45, 7) is 0. The van der Waals surface area contributed by atoms with Crippen LogP contribution in [0, 0.1) is 4.91 Å². The summed E-state index contributed by atoms with van der Waals surface area (Å²) in [5.74, 6) is 0. The predicted octanol–water partition coefficient (Wildman–Crippen LogP) is -1.32. The van der Waals surface area contributed by atoms with Crippen molar-refractivity contribution in [1.29, 1.82) is 0 Å². The number of hydrogen-bond acceptors (Lipinski definition) is 9. The highest BCUT2D eigenvalue weighted by molar-refractivity contribution is 7.83. The zero-order chi connectivity index (χ0) is 9.83. The zero-order valence-electron chi connectivity index (χ0n) is 4.98. The molecule has 0 aliphatic heterocycles. The summed E-state index contributed by atoms with van der Waals surface area (Å²) in [6.07, 6.45) is 0. The van der Waals surface area contributed by atoms with E-state index in [0.29, 0.717) is 0 Å². The van der Waals surface area contributed by atoms with Gasteiger partial charge in [0, 0.05) is 0 Å². The number of hydrogen-bond donors (Lipinski definition) is 1. The van der Waals surface area contributed by atoms with Crippen LogP contribution in [0.3, 0.4) is 0 Å². The fourth-order valence-electron chi connectivity index (χ4n) is 0.119. The van der Waals surface area contributed by atoms with E-state index in [1.807, 2.05) is 0 Å². The second kappa shape index (κ2) is 3.72. The molecule has 0 heterocycles. The van der Waals surface area contributed by atoms with Crippen LogP contribution in [0.15, 0.2) is 5.34 Å². The summed E-state index contributed by atoms with van der Waals surface area (Å²) in [5, 5.41) is 1.39. The Morgan fingerprint density at radius 3 is 1.92 bits per heavy atom. The minimum atomic E-state index is -5.10. The Balaban J connectivity index is 4.20. The molecule has 0 spiro atoms. The molecule has 12 heteroatoms. The van der Waals surface area contributed by atoms with Gasteiger partial charge in [0.2, 0.25) is 0 Å². The molecule has 1 N–H and O–H groups in total. The molecule has 0 rings (SSSR count). The van der Waals surface area contributed by atoms with Gasteiger partial charge >= 0.3 is 20.8 Å². The van der Waals surface area contributed by atoms with Crippen molar-refractivity contribution in [3.05, 3.63) is 4.91 Å². The number of nitrogens with zero attached hydrogens (tertiary/aromatic N) is 1. The van der Waals surface area contributed by atoms with Gasteiger partial charge in [0.05, 0.1) is 0 Å². The second-order valence-electron chi connectivity index (χ2n) is 1.12. The molecule has 0 saturated heterocycles. The molecule has 0 aromatic heterocycles. The molecule has 12 heavy (non-hydrogen) atoms. The summed E-state index contributed by atoms with van der Waals surface area (Å²) in [6, 6.07) is 0. The summed E-state index contributed by atoms with van der Waals surface area (Å²) in [4.78, 5) is 9.15. The Hall–Kier alpha value is -0.820. The van der Waals surface area contributed by atoms with Gasteiger partial charge in [0.1, 0.15) is 0 Å². The van der Waals surface area contributed by atoms with Crippen molar-refractivity contribution >= 4 is 20.8 Å². The molecule has 0 unspecified atom stereocenters. The van der Waals surface area contributed by atoms with Crippen LogP contribution in [0.2, 0.25) is 0 Å². The molecule has 10 nitrogen and oxygen atoms in total. The summed E-state index contributed by atoms with van der Waals surface area (Å²) < 4.78 is 55.9. The Morgan fingerprint density at radius 2 is 1.58 bits per heavy atom. The van der Waals surface area contributed by atoms with Gasteiger partial charge in [-0.15, -0.1) is 4.91 Å². The highest BCUT2D eigenvalue weighted by Crippen LogP contribution is 1.99. The van der Waals surface area contributed by atoms with Crippen LogP contribution in [0.1, 0.15) is 0 Å². The maximum Gasteiger partial charge on any atom is 0.500 e. The van der Waals surface area contributed by atoms with Gasteiger partial charge < -0.3 is 0 Å². The van der Waals surface area contributed by atoms with Crippen LogP contribution in [0.5, 0.6) is 0 Å². The van der Waals surface area contributed by atoms with Crippen molar-refractivity contribution in [2.24, 2.45) is 5.34 Å². The van der Waals surface area contributed by atoms with E-state index >= 15 is 0 Å². The molecule has 0 radical (unpaired) electrons. The molecule has 0 bridgehead atoms. The molecule has 0 amide bonds. The third-order valence-corrected chi connectivity index (χ3v) is 1.12. The van der Waals surface area contributed by atoms with Crippen LogP contribution in [-0.2, 0) is 33.7 Å². The van der Waals surface area contributed by atoms with Gasteiger partial charge in [-0.1, -0.05) is 8.67 Å². The van der Waals surface area contributed by atoms with Gasteiger partial charge in [-0.25, -0.2) is 4.28 Å². The molecular weight excluding hydrogens is 222 g/mol. The normalized spacial score (nSPS) is 12.4.